The highest BCUT2D eigenvalue weighted by molar-refractivity contribution is 5.87. The average molecular weight is 350 g/mol. The van der Waals surface area contributed by atoms with Crippen molar-refractivity contribution in [2.24, 2.45) is 0 Å². The summed E-state index contributed by atoms with van der Waals surface area (Å²) in [6.45, 7) is 2.39. The van der Waals surface area contributed by atoms with Crippen LogP contribution in [0.4, 0.5) is 4.79 Å². The van der Waals surface area contributed by atoms with E-state index >= 15 is 0 Å². The second-order valence-electron chi connectivity index (χ2n) is 6.14. The van der Waals surface area contributed by atoms with Crippen molar-refractivity contribution in [2.75, 3.05) is 26.4 Å². The number of rotatable bonds is 5. The van der Waals surface area contributed by atoms with E-state index in [4.69, 9.17) is 19.3 Å². The van der Waals surface area contributed by atoms with E-state index in [-0.39, 0.29) is 17.7 Å². The van der Waals surface area contributed by atoms with Crippen molar-refractivity contribution in [3.05, 3.63) is 35.4 Å². The van der Waals surface area contributed by atoms with Crippen LogP contribution in [0.2, 0.25) is 0 Å². The Morgan fingerprint density at radius 1 is 1.16 bits per heavy atom. The molecule has 0 aliphatic carbocycles. The second kappa shape index (κ2) is 7.81. The number of nitrogens with one attached hydrogen (secondary N) is 2. The van der Waals surface area contributed by atoms with Crippen LogP contribution in [0, 0.1) is 0 Å². The van der Waals surface area contributed by atoms with Gasteiger partial charge >= 0.3 is 12.0 Å². The molecular formula is C17H22N2O6. The Bertz CT molecular complexity index is 612. The van der Waals surface area contributed by atoms with Crippen LogP contribution in [0.25, 0.3) is 0 Å². The molecule has 8 heteroatoms. The van der Waals surface area contributed by atoms with Crippen LogP contribution in [0.3, 0.4) is 0 Å². The Hall–Kier alpha value is -2.16. The quantitative estimate of drug-likeness (QED) is 0.734. The molecule has 1 aromatic rings. The standard InChI is InChI=1S/C17H22N2O6/c20-15(21)13-3-1-12(2-4-13)9-18-16(22)19-10-14-11-24-17(25-14)5-7-23-8-6-17/h1-4,14H,5-11H2,(H,20,21)(H2,18,19,22). The van der Waals surface area contributed by atoms with Gasteiger partial charge in [0.15, 0.2) is 5.79 Å². The van der Waals surface area contributed by atoms with Crippen molar-refractivity contribution in [3.8, 4) is 0 Å². The minimum absolute atomic E-state index is 0.168. The number of amides is 2. The Labute approximate surface area is 145 Å². The van der Waals surface area contributed by atoms with Crippen molar-refractivity contribution in [1.82, 2.24) is 10.6 Å². The van der Waals surface area contributed by atoms with E-state index in [1.54, 1.807) is 12.1 Å². The SMILES string of the molecule is O=C(NCc1ccc(C(=O)O)cc1)NCC1COC2(CCOCC2)O1. The lowest BCUT2D eigenvalue weighted by Gasteiger charge is -2.31. The molecule has 0 saturated carbocycles. The van der Waals surface area contributed by atoms with E-state index in [1.807, 2.05) is 0 Å². The first-order chi connectivity index (χ1) is 12.1. The molecule has 0 radical (unpaired) electrons. The zero-order chi connectivity index (χ0) is 17.7. The lowest BCUT2D eigenvalue weighted by atomic mass is 10.1. The maximum Gasteiger partial charge on any atom is 0.335 e. The van der Waals surface area contributed by atoms with Crippen LogP contribution in [-0.2, 0) is 20.8 Å². The van der Waals surface area contributed by atoms with Crippen LogP contribution >= 0.6 is 0 Å². The second-order valence-corrected chi connectivity index (χ2v) is 6.14. The zero-order valence-corrected chi connectivity index (χ0v) is 13.8. The van der Waals surface area contributed by atoms with Gasteiger partial charge in [-0.3, -0.25) is 0 Å². The molecule has 2 saturated heterocycles. The van der Waals surface area contributed by atoms with Crippen molar-refractivity contribution in [2.45, 2.75) is 31.3 Å². The lowest BCUT2D eigenvalue weighted by molar-refractivity contribution is -0.210. The number of aromatic carboxylic acids is 1. The van der Waals surface area contributed by atoms with E-state index in [0.29, 0.717) is 45.8 Å². The average Bonchev–Trinajstić information content (AvgIpc) is 3.01. The van der Waals surface area contributed by atoms with Gasteiger partial charge in [0, 0.05) is 25.9 Å². The van der Waals surface area contributed by atoms with E-state index < -0.39 is 11.8 Å². The minimum Gasteiger partial charge on any atom is -0.478 e. The predicted octanol–water partition coefficient (Wildman–Crippen LogP) is 1.11. The number of hydrogen-bond donors (Lipinski definition) is 3. The van der Waals surface area contributed by atoms with E-state index in [9.17, 15) is 9.59 Å². The smallest absolute Gasteiger partial charge is 0.335 e. The maximum atomic E-state index is 11.9. The molecule has 2 heterocycles. The molecule has 136 valence electrons. The largest absolute Gasteiger partial charge is 0.478 e. The third-order valence-corrected chi connectivity index (χ3v) is 4.31. The Morgan fingerprint density at radius 2 is 1.88 bits per heavy atom. The molecule has 8 nitrogen and oxygen atoms in total. The molecule has 2 aliphatic rings. The molecular weight excluding hydrogens is 328 g/mol. The number of benzene rings is 1. The van der Waals surface area contributed by atoms with Gasteiger partial charge in [-0.2, -0.15) is 0 Å². The number of ether oxygens (including phenoxy) is 3. The molecule has 2 aliphatic heterocycles. The van der Waals surface area contributed by atoms with E-state index in [0.717, 1.165) is 5.56 Å². The third-order valence-electron chi connectivity index (χ3n) is 4.31. The van der Waals surface area contributed by atoms with Crippen LogP contribution in [-0.4, -0.2) is 55.4 Å². The summed E-state index contributed by atoms with van der Waals surface area (Å²) in [6, 6.07) is 6.06. The predicted molar refractivity (Wildman–Crippen MR) is 87.2 cm³/mol. The summed E-state index contributed by atoms with van der Waals surface area (Å²) in [7, 11) is 0. The maximum absolute atomic E-state index is 11.9. The molecule has 0 aromatic heterocycles. The first kappa shape index (κ1) is 17.7. The number of urea groups is 1. The van der Waals surface area contributed by atoms with Gasteiger partial charge in [-0.1, -0.05) is 12.1 Å². The van der Waals surface area contributed by atoms with Gasteiger partial charge in [-0.05, 0) is 17.7 Å². The molecule has 25 heavy (non-hydrogen) atoms. The number of carboxylic acids is 1. The third kappa shape index (κ3) is 4.68. The summed E-state index contributed by atoms with van der Waals surface area (Å²) in [4.78, 5) is 22.7. The fraction of sp³-hybridized carbons (Fsp3) is 0.529. The first-order valence-electron chi connectivity index (χ1n) is 8.30. The Kier molecular flexibility index (Phi) is 5.52. The normalized spacial score (nSPS) is 21.8. The fourth-order valence-electron chi connectivity index (χ4n) is 2.88. The molecule has 3 rings (SSSR count). The van der Waals surface area contributed by atoms with Gasteiger partial charge in [-0.25, -0.2) is 9.59 Å². The van der Waals surface area contributed by atoms with Gasteiger partial charge in [0.05, 0.1) is 25.4 Å². The van der Waals surface area contributed by atoms with Crippen LogP contribution in [0.1, 0.15) is 28.8 Å². The monoisotopic (exact) mass is 350 g/mol. The number of hydrogen-bond acceptors (Lipinski definition) is 5. The van der Waals surface area contributed by atoms with Crippen LogP contribution in [0.5, 0.6) is 0 Å². The first-order valence-corrected chi connectivity index (χ1v) is 8.30. The Balaban J connectivity index is 1.37. The zero-order valence-electron chi connectivity index (χ0n) is 13.8. The number of carbonyl (C=O) groups is 2. The summed E-state index contributed by atoms with van der Waals surface area (Å²) >= 11 is 0. The lowest BCUT2D eigenvalue weighted by Crippen LogP contribution is -2.42. The molecule has 0 bridgehead atoms. The molecule has 2 fully saturated rings. The van der Waals surface area contributed by atoms with E-state index in [1.165, 1.54) is 12.1 Å². The van der Waals surface area contributed by atoms with Crippen molar-refractivity contribution < 1.29 is 28.9 Å². The van der Waals surface area contributed by atoms with E-state index in [2.05, 4.69) is 10.6 Å². The molecule has 2 amide bonds. The highest BCUT2D eigenvalue weighted by atomic mass is 16.7. The van der Waals surface area contributed by atoms with Gasteiger partial charge in [-0.15, -0.1) is 0 Å². The molecule has 1 spiro atoms. The summed E-state index contributed by atoms with van der Waals surface area (Å²) in [6.07, 6.45) is 1.25. The molecule has 1 aromatic carbocycles. The van der Waals surface area contributed by atoms with Gasteiger partial charge in [0.2, 0.25) is 0 Å². The summed E-state index contributed by atoms with van der Waals surface area (Å²) in [5.74, 6) is -1.52. The number of carbonyl (C=O) groups excluding carboxylic acids is 1. The van der Waals surface area contributed by atoms with Crippen molar-refractivity contribution in [1.29, 1.82) is 0 Å². The highest BCUT2D eigenvalue weighted by Gasteiger charge is 2.42. The topological polar surface area (TPSA) is 106 Å². The molecule has 1 unspecified atom stereocenters. The Morgan fingerprint density at radius 3 is 2.56 bits per heavy atom. The molecule has 1 atom stereocenters. The summed E-state index contributed by atoms with van der Waals surface area (Å²) < 4.78 is 17.0. The van der Waals surface area contributed by atoms with Crippen LogP contribution in [0.15, 0.2) is 24.3 Å². The fourth-order valence-corrected chi connectivity index (χ4v) is 2.88. The highest BCUT2D eigenvalue weighted by Crippen LogP contribution is 2.32. The van der Waals surface area contributed by atoms with Gasteiger partial charge < -0.3 is 30.0 Å². The molecule has 3 N–H and O–H groups in total. The van der Waals surface area contributed by atoms with Crippen molar-refractivity contribution in [3.63, 3.8) is 0 Å². The van der Waals surface area contributed by atoms with Gasteiger partial charge in [0.1, 0.15) is 6.10 Å². The summed E-state index contributed by atoms with van der Waals surface area (Å²) in [5.41, 5.74) is 1.04. The summed E-state index contributed by atoms with van der Waals surface area (Å²) in [5, 5.41) is 14.3. The number of carboxylic acid groups (broad SMARTS) is 1. The van der Waals surface area contributed by atoms with Gasteiger partial charge in [0.25, 0.3) is 0 Å². The minimum atomic E-state index is -0.974. The van der Waals surface area contributed by atoms with Crippen LogP contribution < -0.4 is 10.6 Å². The van der Waals surface area contributed by atoms with Crippen molar-refractivity contribution >= 4 is 12.0 Å².